The predicted molar refractivity (Wildman–Crippen MR) is 100 cm³/mol. The lowest BCUT2D eigenvalue weighted by molar-refractivity contribution is 1.22. The molecule has 1 N–H and O–H groups in total. The second kappa shape index (κ2) is 6.89. The molecule has 0 bridgehead atoms. The van der Waals surface area contributed by atoms with E-state index >= 15 is 0 Å². The Kier molecular flexibility index (Phi) is 4.29. The summed E-state index contributed by atoms with van der Waals surface area (Å²) >= 11 is 2.99. The van der Waals surface area contributed by atoms with Crippen molar-refractivity contribution in [1.82, 2.24) is 15.0 Å². The highest BCUT2D eigenvalue weighted by molar-refractivity contribution is 7.99. The molecule has 0 aliphatic rings. The summed E-state index contributed by atoms with van der Waals surface area (Å²) in [7, 11) is 0. The molecule has 0 aliphatic heterocycles. The van der Waals surface area contributed by atoms with Gasteiger partial charge in [-0.3, -0.25) is 0 Å². The van der Waals surface area contributed by atoms with E-state index in [1.165, 1.54) is 23.1 Å². The van der Waals surface area contributed by atoms with Gasteiger partial charge in [0.15, 0.2) is 5.13 Å². The molecule has 0 atom stereocenters. The molecule has 0 unspecified atom stereocenters. The second-order valence-electron chi connectivity index (χ2n) is 5.03. The Balaban J connectivity index is 1.66. The van der Waals surface area contributed by atoms with Crippen LogP contribution in [0.1, 0.15) is 5.56 Å². The van der Waals surface area contributed by atoms with Crippen molar-refractivity contribution in [1.29, 1.82) is 5.26 Å². The number of fused-ring (bicyclic) bond motifs is 1. The van der Waals surface area contributed by atoms with Gasteiger partial charge in [0.05, 0.1) is 10.5 Å². The van der Waals surface area contributed by atoms with Crippen LogP contribution in [0.25, 0.3) is 10.3 Å². The minimum atomic E-state index is 0.645. The summed E-state index contributed by atoms with van der Waals surface area (Å²) in [6.07, 6.45) is 3.49. The van der Waals surface area contributed by atoms with Crippen LogP contribution in [0.3, 0.4) is 0 Å². The van der Waals surface area contributed by atoms with Gasteiger partial charge in [0, 0.05) is 17.3 Å². The molecule has 1 aromatic carbocycles. The molecule has 0 aliphatic carbocycles. The average molecular weight is 361 g/mol. The lowest BCUT2D eigenvalue weighted by Gasteiger charge is -2.09. The molecular weight excluding hydrogens is 350 g/mol. The zero-order chi connectivity index (χ0) is 17.1. The summed E-state index contributed by atoms with van der Waals surface area (Å²) < 4.78 is 0. The fourth-order valence-electron chi connectivity index (χ4n) is 2.26. The molecule has 0 amide bonds. The first kappa shape index (κ1) is 15.6. The van der Waals surface area contributed by atoms with Crippen molar-refractivity contribution in [3.63, 3.8) is 0 Å². The van der Waals surface area contributed by atoms with Gasteiger partial charge in [-0.25, -0.2) is 15.0 Å². The molecule has 5 nitrogen and oxygen atoms in total. The van der Waals surface area contributed by atoms with E-state index < -0.39 is 0 Å². The highest BCUT2D eigenvalue weighted by atomic mass is 32.2. The molecule has 120 valence electrons. The first-order valence-corrected chi connectivity index (χ1v) is 9.07. The van der Waals surface area contributed by atoms with Gasteiger partial charge in [-0.15, -0.1) is 0 Å². The van der Waals surface area contributed by atoms with Crippen molar-refractivity contribution in [2.75, 3.05) is 5.32 Å². The van der Waals surface area contributed by atoms with E-state index in [0.717, 1.165) is 25.3 Å². The number of hydrogen-bond acceptors (Lipinski definition) is 7. The number of rotatable bonds is 4. The number of hydrogen-bond donors (Lipinski definition) is 1. The minimum absolute atomic E-state index is 0.645. The first-order chi connectivity index (χ1) is 12.3. The summed E-state index contributed by atoms with van der Waals surface area (Å²) in [4.78, 5) is 16.0. The van der Waals surface area contributed by atoms with Gasteiger partial charge in [-0.1, -0.05) is 35.2 Å². The van der Waals surface area contributed by atoms with Gasteiger partial charge in [-0.2, -0.15) is 5.26 Å². The van der Waals surface area contributed by atoms with Crippen molar-refractivity contribution < 1.29 is 0 Å². The Hall–Kier alpha value is -2.95. The standard InChI is InChI=1S/C18H11N5S2/c19-11-12-5-1-2-7-14(12)24-15-8-4-9-20-16(15)23-18-22-13-6-3-10-21-17(13)25-18/h1-10H,(H,20,22,23). The number of nitrogens with zero attached hydrogens (tertiary/aromatic N) is 4. The molecule has 25 heavy (non-hydrogen) atoms. The van der Waals surface area contributed by atoms with Gasteiger partial charge in [-0.05, 0) is 36.4 Å². The molecule has 3 aromatic heterocycles. The third kappa shape index (κ3) is 3.31. The first-order valence-electron chi connectivity index (χ1n) is 7.44. The SMILES string of the molecule is N#Cc1ccccc1Sc1cccnc1Nc1nc2cccnc2s1. The van der Waals surface area contributed by atoms with Crippen LogP contribution in [0.5, 0.6) is 0 Å². The highest BCUT2D eigenvalue weighted by Gasteiger charge is 2.11. The van der Waals surface area contributed by atoms with Gasteiger partial charge in [0.2, 0.25) is 0 Å². The number of nitrogens with one attached hydrogen (secondary N) is 1. The fourth-order valence-corrected chi connectivity index (χ4v) is 4.02. The molecule has 7 heteroatoms. The molecule has 0 radical (unpaired) electrons. The second-order valence-corrected chi connectivity index (χ2v) is 7.09. The zero-order valence-corrected chi connectivity index (χ0v) is 14.5. The number of thiazole rings is 1. The molecule has 0 saturated carbocycles. The van der Waals surface area contributed by atoms with E-state index in [-0.39, 0.29) is 0 Å². The van der Waals surface area contributed by atoms with Crippen LogP contribution in [0.15, 0.2) is 70.7 Å². The van der Waals surface area contributed by atoms with E-state index in [1.807, 2.05) is 48.5 Å². The van der Waals surface area contributed by atoms with Crippen molar-refractivity contribution in [2.24, 2.45) is 0 Å². The monoisotopic (exact) mass is 361 g/mol. The molecular formula is C18H11N5S2. The zero-order valence-electron chi connectivity index (χ0n) is 12.9. The quantitative estimate of drug-likeness (QED) is 0.560. The van der Waals surface area contributed by atoms with Crippen LogP contribution in [-0.4, -0.2) is 15.0 Å². The van der Waals surface area contributed by atoms with Crippen molar-refractivity contribution in [3.8, 4) is 6.07 Å². The van der Waals surface area contributed by atoms with E-state index in [1.54, 1.807) is 12.4 Å². The van der Waals surface area contributed by atoms with Crippen LogP contribution in [0, 0.1) is 11.3 Å². The van der Waals surface area contributed by atoms with Crippen LogP contribution in [-0.2, 0) is 0 Å². The van der Waals surface area contributed by atoms with Gasteiger partial charge in [0.25, 0.3) is 0 Å². The summed E-state index contributed by atoms with van der Waals surface area (Å²) in [5.74, 6) is 0.708. The summed E-state index contributed by atoms with van der Waals surface area (Å²) in [5.41, 5.74) is 1.50. The Morgan fingerprint density at radius 2 is 1.76 bits per heavy atom. The van der Waals surface area contributed by atoms with E-state index in [0.29, 0.717) is 11.4 Å². The molecule has 3 heterocycles. The number of pyridine rings is 2. The Labute approximate surface area is 152 Å². The Morgan fingerprint density at radius 1 is 0.960 bits per heavy atom. The third-order valence-electron chi connectivity index (χ3n) is 3.39. The van der Waals surface area contributed by atoms with Gasteiger partial charge in [0.1, 0.15) is 22.2 Å². The maximum atomic E-state index is 9.27. The lowest BCUT2D eigenvalue weighted by Crippen LogP contribution is -1.95. The van der Waals surface area contributed by atoms with Crippen molar-refractivity contribution in [2.45, 2.75) is 9.79 Å². The smallest absolute Gasteiger partial charge is 0.190 e. The number of aromatic nitrogens is 3. The summed E-state index contributed by atoms with van der Waals surface area (Å²) in [6.45, 7) is 0. The van der Waals surface area contributed by atoms with Crippen molar-refractivity contribution >= 4 is 44.4 Å². The topological polar surface area (TPSA) is 74.5 Å². The van der Waals surface area contributed by atoms with E-state index in [2.05, 4.69) is 26.3 Å². The van der Waals surface area contributed by atoms with Crippen molar-refractivity contribution in [3.05, 3.63) is 66.5 Å². The fraction of sp³-hybridized carbons (Fsp3) is 0. The average Bonchev–Trinajstić information content (AvgIpc) is 3.06. The summed E-state index contributed by atoms with van der Waals surface area (Å²) in [5, 5.41) is 13.3. The van der Waals surface area contributed by atoms with E-state index in [9.17, 15) is 5.26 Å². The highest BCUT2D eigenvalue weighted by Crippen LogP contribution is 2.36. The third-order valence-corrected chi connectivity index (χ3v) is 5.41. The van der Waals surface area contributed by atoms with Crippen LogP contribution in [0.4, 0.5) is 10.9 Å². The maximum absolute atomic E-state index is 9.27. The number of anilines is 2. The molecule has 4 aromatic rings. The predicted octanol–water partition coefficient (Wildman–Crippen LogP) is 4.85. The number of benzene rings is 1. The van der Waals surface area contributed by atoms with Crippen LogP contribution in [0.2, 0.25) is 0 Å². The van der Waals surface area contributed by atoms with Crippen LogP contribution >= 0.6 is 23.1 Å². The molecule has 0 fully saturated rings. The maximum Gasteiger partial charge on any atom is 0.190 e. The Bertz CT molecular complexity index is 1050. The van der Waals surface area contributed by atoms with Gasteiger partial charge < -0.3 is 5.32 Å². The lowest BCUT2D eigenvalue weighted by atomic mass is 10.2. The molecule has 0 saturated heterocycles. The Morgan fingerprint density at radius 3 is 2.64 bits per heavy atom. The van der Waals surface area contributed by atoms with Gasteiger partial charge >= 0.3 is 0 Å². The van der Waals surface area contributed by atoms with E-state index in [4.69, 9.17) is 0 Å². The summed E-state index contributed by atoms with van der Waals surface area (Å²) in [6, 6.07) is 17.4. The molecule has 4 rings (SSSR count). The van der Waals surface area contributed by atoms with Crippen LogP contribution < -0.4 is 5.32 Å². The molecule has 0 spiro atoms. The normalized spacial score (nSPS) is 10.5. The minimum Gasteiger partial charge on any atom is -0.315 e. The largest absolute Gasteiger partial charge is 0.315 e. The number of nitriles is 1.